The minimum atomic E-state index is 0.580. The lowest BCUT2D eigenvalue weighted by atomic mass is 10.2. The van der Waals surface area contributed by atoms with E-state index in [1.807, 2.05) is 11.3 Å². The quantitative estimate of drug-likeness (QED) is 0.814. The van der Waals surface area contributed by atoms with Gasteiger partial charge >= 0.3 is 0 Å². The van der Waals surface area contributed by atoms with E-state index < -0.39 is 0 Å². The summed E-state index contributed by atoms with van der Waals surface area (Å²) in [6.07, 6.45) is 4.79. The molecule has 2 aromatic rings. The van der Waals surface area contributed by atoms with Crippen LogP contribution in [-0.4, -0.2) is 11.0 Å². The van der Waals surface area contributed by atoms with Gasteiger partial charge in [-0.25, -0.2) is 4.98 Å². The maximum absolute atomic E-state index is 4.95. The third-order valence-corrected chi connectivity index (χ3v) is 5.23. The Labute approximate surface area is 131 Å². The Bertz CT molecular complexity index is 572. The average Bonchev–Trinajstić information content (AvgIpc) is 3.28. The van der Waals surface area contributed by atoms with Gasteiger partial charge in [0.05, 0.1) is 10.7 Å². The Balaban J connectivity index is 1.73. The average molecular weight is 300 g/mol. The van der Waals surface area contributed by atoms with E-state index in [1.165, 1.54) is 40.4 Å². The predicted molar refractivity (Wildman–Crippen MR) is 89.9 cm³/mol. The summed E-state index contributed by atoms with van der Waals surface area (Å²) in [5.74, 6) is 0.736. The van der Waals surface area contributed by atoms with Crippen LogP contribution in [0.5, 0.6) is 0 Å². The van der Waals surface area contributed by atoms with E-state index in [0.29, 0.717) is 6.04 Å². The summed E-state index contributed by atoms with van der Waals surface area (Å²) in [5.41, 5.74) is 2.73. The molecule has 1 aliphatic carbocycles. The molecule has 1 heterocycles. The van der Waals surface area contributed by atoms with Crippen molar-refractivity contribution in [1.82, 2.24) is 10.3 Å². The number of nitrogens with one attached hydrogen (secondary N) is 1. The Morgan fingerprint density at radius 3 is 2.71 bits per heavy atom. The molecule has 0 spiro atoms. The van der Waals surface area contributed by atoms with E-state index in [0.717, 1.165) is 18.9 Å². The van der Waals surface area contributed by atoms with Gasteiger partial charge in [-0.3, -0.25) is 0 Å². The van der Waals surface area contributed by atoms with Crippen LogP contribution in [0.3, 0.4) is 0 Å². The van der Waals surface area contributed by atoms with Crippen molar-refractivity contribution in [1.29, 1.82) is 0 Å². The van der Waals surface area contributed by atoms with Gasteiger partial charge in [-0.1, -0.05) is 37.3 Å². The third kappa shape index (κ3) is 3.92. The summed E-state index contributed by atoms with van der Waals surface area (Å²) in [6.45, 7) is 5.46. The lowest BCUT2D eigenvalue weighted by molar-refractivity contribution is 0.535. The molecule has 0 bridgehead atoms. The van der Waals surface area contributed by atoms with Crippen LogP contribution in [0.4, 0.5) is 0 Å². The summed E-state index contributed by atoms with van der Waals surface area (Å²) in [6, 6.07) is 11.2. The predicted octanol–water partition coefficient (Wildman–Crippen LogP) is 4.50. The molecule has 1 fully saturated rings. The van der Waals surface area contributed by atoms with Gasteiger partial charge in [0.1, 0.15) is 0 Å². The van der Waals surface area contributed by atoms with Crippen LogP contribution in [0.25, 0.3) is 0 Å². The molecular formula is C18H24N2S. The topological polar surface area (TPSA) is 24.9 Å². The number of benzene rings is 1. The van der Waals surface area contributed by atoms with E-state index >= 15 is 0 Å². The molecule has 1 N–H and O–H groups in total. The van der Waals surface area contributed by atoms with Crippen molar-refractivity contribution in [3.63, 3.8) is 0 Å². The van der Waals surface area contributed by atoms with Crippen LogP contribution in [-0.2, 0) is 13.0 Å². The van der Waals surface area contributed by atoms with Crippen LogP contribution in [0.15, 0.2) is 30.3 Å². The van der Waals surface area contributed by atoms with Gasteiger partial charge in [-0.05, 0) is 31.7 Å². The van der Waals surface area contributed by atoms with E-state index in [2.05, 4.69) is 49.5 Å². The normalized spacial score (nSPS) is 16.1. The van der Waals surface area contributed by atoms with Gasteiger partial charge in [0.2, 0.25) is 0 Å². The van der Waals surface area contributed by atoms with Gasteiger partial charge in [-0.15, -0.1) is 11.3 Å². The van der Waals surface area contributed by atoms with Crippen molar-refractivity contribution in [2.24, 2.45) is 0 Å². The van der Waals surface area contributed by atoms with Crippen LogP contribution in [0, 0.1) is 0 Å². The number of rotatable bonds is 7. The Kier molecular flexibility index (Phi) is 4.71. The van der Waals surface area contributed by atoms with Crippen LogP contribution >= 0.6 is 11.3 Å². The van der Waals surface area contributed by atoms with Crippen molar-refractivity contribution < 1.29 is 0 Å². The maximum Gasteiger partial charge on any atom is 0.0975 e. The van der Waals surface area contributed by atoms with Gasteiger partial charge in [0.25, 0.3) is 0 Å². The second kappa shape index (κ2) is 6.71. The number of nitrogens with zero attached hydrogens (tertiary/aromatic N) is 1. The van der Waals surface area contributed by atoms with Crippen molar-refractivity contribution in [2.45, 2.75) is 58.0 Å². The molecular weight excluding hydrogens is 276 g/mol. The Morgan fingerprint density at radius 2 is 2.05 bits per heavy atom. The SMILES string of the molecule is CCC(C)NCc1sc(Cc2ccccc2)nc1C1CC1. The van der Waals surface area contributed by atoms with Crippen molar-refractivity contribution in [3.05, 3.63) is 51.5 Å². The first-order valence-electron chi connectivity index (χ1n) is 8.02. The fraction of sp³-hybridized carbons (Fsp3) is 0.500. The summed E-state index contributed by atoms with van der Waals surface area (Å²) in [5, 5.41) is 4.89. The molecule has 3 heteroatoms. The van der Waals surface area contributed by atoms with Crippen LogP contribution in [0.1, 0.15) is 60.2 Å². The smallest absolute Gasteiger partial charge is 0.0975 e. The summed E-state index contributed by atoms with van der Waals surface area (Å²) < 4.78 is 0. The standard InChI is InChI=1S/C18H24N2S/c1-3-13(2)19-12-16-18(15-9-10-15)20-17(21-16)11-14-7-5-4-6-8-14/h4-8,13,15,19H,3,9-12H2,1-2H3. The second-order valence-electron chi connectivity index (χ2n) is 6.04. The first kappa shape index (κ1) is 14.7. The van der Waals surface area contributed by atoms with Crippen molar-refractivity contribution in [2.75, 3.05) is 0 Å². The summed E-state index contributed by atoms with van der Waals surface area (Å²) >= 11 is 1.90. The number of hydrogen-bond acceptors (Lipinski definition) is 3. The minimum Gasteiger partial charge on any atom is -0.309 e. The highest BCUT2D eigenvalue weighted by Gasteiger charge is 2.29. The number of hydrogen-bond donors (Lipinski definition) is 1. The molecule has 0 saturated heterocycles. The maximum atomic E-state index is 4.95. The molecule has 1 aromatic carbocycles. The summed E-state index contributed by atoms with van der Waals surface area (Å²) in [7, 11) is 0. The fourth-order valence-corrected chi connectivity index (χ4v) is 3.61. The molecule has 0 aliphatic heterocycles. The number of aromatic nitrogens is 1. The first-order chi connectivity index (χ1) is 10.3. The van der Waals surface area contributed by atoms with E-state index in [4.69, 9.17) is 4.98 Å². The van der Waals surface area contributed by atoms with Crippen molar-refractivity contribution in [3.8, 4) is 0 Å². The van der Waals surface area contributed by atoms with Gasteiger partial charge in [0, 0.05) is 29.8 Å². The van der Waals surface area contributed by atoms with E-state index in [-0.39, 0.29) is 0 Å². The van der Waals surface area contributed by atoms with Crippen LogP contribution < -0.4 is 5.32 Å². The molecule has 21 heavy (non-hydrogen) atoms. The molecule has 1 aromatic heterocycles. The first-order valence-corrected chi connectivity index (χ1v) is 8.83. The highest BCUT2D eigenvalue weighted by molar-refractivity contribution is 7.11. The molecule has 1 unspecified atom stereocenters. The summed E-state index contributed by atoms with van der Waals surface area (Å²) in [4.78, 5) is 6.41. The second-order valence-corrected chi connectivity index (χ2v) is 7.21. The molecule has 0 radical (unpaired) electrons. The Morgan fingerprint density at radius 1 is 1.29 bits per heavy atom. The molecule has 1 atom stereocenters. The zero-order chi connectivity index (χ0) is 14.7. The fourth-order valence-electron chi connectivity index (χ4n) is 2.47. The lowest BCUT2D eigenvalue weighted by Crippen LogP contribution is -2.24. The molecule has 3 rings (SSSR count). The molecule has 1 aliphatic rings. The van der Waals surface area contributed by atoms with E-state index in [9.17, 15) is 0 Å². The zero-order valence-electron chi connectivity index (χ0n) is 12.9. The Hall–Kier alpha value is -1.19. The van der Waals surface area contributed by atoms with E-state index in [1.54, 1.807) is 0 Å². The van der Waals surface area contributed by atoms with Gasteiger partial charge in [0.15, 0.2) is 0 Å². The third-order valence-electron chi connectivity index (χ3n) is 4.16. The highest BCUT2D eigenvalue weighted by Crippen LogP contribution is 2.42. The largest absolute Gasteiger partial charge is 0.309 e. The monoisotopic (exact) mass is 300 g/mol. The van der Waals surface area contributed by atoms with Crippen molar-refractivity contribution >= 4 is 11.3 Å². The molecule has 0 amide bonds. The van der Waals surface area contributed by atoms with Gasteiger partial charge < -0.3 is 5.32 Å². The highest BCUT2D eigenvalue weighted by atomic mass is 32.1. The number of thiazole rings is 1. The zero-order valence-corrected chi connectivity index (χ0v) is 13.7. The lowest BCUT2D eigenvalue weighted by Gasteiger charge is -2.10. The minimum absolute atomic E-state index is 0.580. The molecule has 1 saturated carbocycles. The van der Waals surface area contributed by atoms with Gasteiger partial charge in [-0.2, -0.15) is 0 Å². The molecule has 2 nitrogen and oxygen atoms in total. The van der Waals surface area contributed by atoms with Crippen LogP contribution in [0.2, 0.25) is 0 Å². The molecule has 112 valence electrons.